The van der Waals surface area contributed by atoms with Crippen molar-refractivity contribution in [2.45, 2.75) is 6.54 Å². The number of nitrogens with zero attached hydrogens (tertiary/aromatic N) is 1. The third-order valence-electron chi connectivity index (χ3n) is 2.86. The Balaban J connectivity index is 1.89. The monoisotopic (exact) mass is 351 g/mol. The molecule has 0 saturated carbocycles. The topological polar surface area (TPSA) is 113 Å². The van der Waals surface area contributed by atoms with E-state index >= 15 is 0 Å². The van der Waals surface area contributed by atoms with Crippen LogP contribution in [0.2, 0.25) is 5.02 Å². The number of phenolic OH excluding ortho intramolecular Hbond substituents is 1. The fourth-order valence-corrected chi connectivity index (χ4v) is 1.92. The summed E-state index contributed by atoms with van der Waals surface area (Å²) >= 11 is 5.83. The van der Waals surface area contributed by atoms with Crippen LogP contribution in [-0.2, 0) is 16.1 Å². The number of rotatable bonds is 5. The zero-order chi connectivity index (χ0) is 17.5. The summed E-state index contributed by atoms with van der Waals surface area (Å²) in [6.45, 7) is 0.0910. The molecule has 0 radical (unpaired) electrons. The molecule has 1 aromatic heterocycles. The standard InChI is InChI=1S/C15H14ClN3O5/c1-23-12-6-9(5-11(16)13(12)20)7-18-19-15(22)14(21)17-8-10-3-2-4-24-10/h2-7,20H,8H2,1H3,(H,17,21)(H,19,22). The lowest BCUT2D eigenvalue weighted by molar-refractivity contribution is -0.139. The Morgan fingerprint density at radius 2 is 2.21 bits per heavy atom. The number of carbonyl (C=O) groups excluding carboxylic acids is 2. The van der Waals surface area contributed by atoms with Gasteiger partial charge < -0.3 is 19.6 Å². The summed E-state index contributed by atoms with van der Waals surface area (Å²) in [6.07, 6.45) is 2.72. The molecule has 0 spiro atoms. The van der Waals surface area contributed by atoms with E-state index in [1.807, 2.05) is 0 Å². The lowest BCUT2D eigenvalue weighted by Gasteiger charge is -2.06. The quantitative estimate of drug-likeness (QED) is 0.428. The van der Waals surface area contributed by atoms with E-state index in [9.17, 15) is 14.7 Å². The second-order valence-corrected chi connectivity index (χ2v) is 4.92. The van der Waals surface area contributed by atoms with Gasteiger partial charge in [0.15, 0.2) is 11.5 Å². The van der Waals surface area contributed by atoms with Crippen LogP contribution >= 0.6 is 11.6 Å². The summed E-state index contributed by atoms with van der Waals surface area (Å²) in [5.41, 5.74) is 2.54. The maximum Gasteiger partial charge on any atom is 0.329 e. The lowest BCUT2D eigenvalue weighted by atomic mass is 10.2. The number of nitrogens with one attached hydrogen (secondary N) is 2. The highest BCUT2D eigenvalue weighted by Gasteiger charge is 2.13. The average molecular weight is 352 g/mol. The molecule has 0 aliphatic heterocycles. The predicted molar refractivity (Wildman–Crippen MR) is 86.0 cm³/mol. The molecule has 2 aromatic rings. The van der Waals surface area contributed by atoms with E-state index in [-0.39, 0.29) is 23.1 Å². The van der Waals surface area contributed by atoms with Gasteiger partial charge >= 0.3 is 11.8 Å². The van der Waals surface area contributed by atoms with Gasteiger partial charge in [-0.25, -0.2) is 5.43 Å². The number of carbonyl (C=O) groups is 2. The van der Waals surface area contributed by atoms with Crippen molar-refractivity contribution in [2.24, 2.45) is 5.10 Å². The highest BCUT2D eigenvalue weighted by Crippen LogP contribution is 2.34. The third-order valence-corrected chi connectivity index (χ3v) is 3.15. The van der Waals surface area contributed by atoms with Crippen LogP contribution in [0.25, 0.3) is 0 Å². The maximum absolute atomic E-state index is 11.6. The minimum Gasteiger partial charge on any atom is -0.503 e. The summed E-state index contributed by atoms with van der Waals surface area (Å²) in [5.74, 6) is -1.31. The molecular weight excluding hydrogens is 338 g/mol. The van der Waals surface area contributed by atoms with Crippen LogP contribution in [0, 0.1) is 0 Å². The number of methoxy groups -OCH3 is 1. The Labute approximate surface area is 142 Å². The van der Waals surface area contributed by atoms with E-state index in [4.69, 9.17) is 20.8 Å². The van der Waals surface area contributed by atoms with Gasteiger partial charge in [0.2, 0.25) is 0 Å². The van der Waals surface area contributed by atoms with Crippen molar-refractivity contribution in [3.63, 3.8) is 0 Å². The molecule has 8 nitrogen and oxygen atoms in total. The first-order chi connectivity index (χ1) is 11.5. The normalized spacial score (nSPS) is 10.6. The van der Waals surface area contributed by atoms with Crippen molar-refractivity contribution in [1.82, 2.24) is 10.7 Å². The molecule has 0 aliphatic carbocycles. The molecule has 2 amide bonds. The maximum atomic E-state index is 11.6. The average Bonchev–Trinajstić information content (AvgIpc) is 3.09. The van der Waals surface area contributed by atoms with E-state index in [0.29, 0.717) is 11.3 Å². The van der Waals surface area contributed by atoms with Crippen LogP contribution in [0.3, 0.4) is 0 Å². The summed E-state index contributed by atoms with van der Waals surface area (Å²) in [4.78, 5) is 23.1. The number of ether oxygens (including phenoxy) is 1. The zero-order valence-corrected chi connectivity index (χ0v) is 13.3. The van der Waals surface area contributed by atoms with Gasteiger partial charge in [-0.1, -0.05) is 11.6 Å². The zero-order valence-electron chi connectivity index (χ0n) is 12.6. The number of halogens is 1. The first-order valence-electron chi connectivity index (χ1n) is 6.71. The third kappa shape index (κ3) is 4.50. The Morgan fingerprint density at radius 1 is 1.42 bits per heavy atom. The van der Waals surface area contributed by atoms with Crippen molar-refractivity contribution >= 4 is 29.6 Å². The number of furan rings is 1. The molecule has 0 fully saturated rings. The summed E-state index contributed by atoms with van der Waals surface area (Å²) in [6, 6.07) is 6.22. The minimum atomic E-state index is -0.936. The van der Waals surface area contributed by atoms with Gasteiger partial charge in [0.05, 0.1) is 31.2 Å². The molecule has 0 atom stereocenters. The Kier molecular flexibility index (Phi) is 5.80. The predicted octanol–water partition coefficient (Wildman–Crippen LogP) is 1.41. The smallest absolute Gasteiger partial charge is 0.329 e. The number of aromatic hydroxyl groups is 1. The molecule has 2 rings (SSSR count). The summed E-state index contributed by atoms with van der Waals surface area (Å²) in [7, 11) is 1.37. The SMILES string of the molecule is COc1cc(C=NNC(=O)C(=O)NCc2ccco2)cc(Cl)c1O. The second kappa shape index (κ2) is 8.02. The first-order valence-corrected chi connectivity index (χ1v) is 7.09. The Morgan fingerprint density at radius 3 is 2.88 bits per heavy atom. The molecule has 1 aromatic carbocycles. The van der Waals surface area contributed by atoms with Crippen LogP contribution in [0.1, 0.15) is 11.3 Å². The highest BCUT2D eigenvalue weighted by molar-refractivity contribution is 6.35. The van der Waals surface area contributed by atoms with Gasteiger partial charge in [-0.05, 0) is 29.8 Å². The van der Waals surface area contributed by atoms with Crippen molar-refractivity contribution in [3.8, 4) is 11.5 Å². The molecule has 1 heterocycles. The Hall–Kier alpha value is -3.00. The number of phenols is 1. The first kappa shape index (κ1) is 17.4. The summed E-state index contributed by atoms with van der Waals surface area (Å²) < 4.78 is 9.97. The van der Waals surface area contributed by atoms with Crippen LogP contribution < -0.4 is 15.5 Å². The van der Waals surface area contributed by atoms with Crippen LogP contribution in [0.4, 0.5) is 0 Å². The number of benzene rings is 1. The molecule has 3 N–H and O–H groups in total. The molecule has 0 bridgehead atoms. The van der Waals surface area contributed by atoms with Gasteiger partial charge in [0, 0.05) is 0 Å². The van der Waals surface area contributed by atoms with Crippen molar-refractivity contribution in [1.29, 1.82) is 0 Å². The van der Waals surface area contributed by atoms with E-state index < -0.39 is 11.8 Å². The van der Waals surface area contributed by atoms with Gasteiger partial charge in [0.25, 0.3) is 0 Å². The Bertz CT molecular complexity index is 759. The highest BCUT2D eigenvalue weighted by atomic mass is 35.5. The van der Waals surface area contributed by atoms with E-state index in [2.05, 4.69) is 15.8 Å². The van der Waals surface area contributed by atoms with Crippen molar-refractivity contribution < 1.29 is 23.8 Å². The van der Waals surface area contributed by atoms with Crippen LogP contribution in [0.15, 0.2) is 40.0 Å². The van der Waals surface area contributed by atoms with Crippen LogP contribution in [0.5, 0.6) is 11.5 Å². The minimum absolute atomic E-state index is 0.0679. The van der Waals surface area contributed by atoms with E-state index in [0.717, 1.165) is 0 Å². The molecule has 24 heavy (non-hydrogen) atoms. The van der Waals surface area contributed by atoms with Crippen molar-refractivity contribution in [2.75, 3.05) is 7.11 Å². The molecule has 0 aliphatic rings. The van der Waals surface area contributed by atoms with Crippen molar-refractivity contribution in [3.05, 3.63) is 46.9 Å². The van der Waals surface area contributed by atoms with Gasteiger partial charge in [0.1, 0.15) is 5.76 Å². The van der Waals surface area contributed by atoms with E-state index in [1.165, 1.54) is 31.7 Å². The summed E-state index contributed by atoms with van der Waals surface area (Å²) in [5, 5.41) is 15.7. The fraction of sp³-hybridized carbons (Fsp3) is 0.133. The molecule has 0 saturated heterocycles. The fourth-order valence-electron chi connectivity index (χ4n) is 1.70. The number of hydrogen-bond acceptors (Lipinski definition) is 6. The molecule has 0 unspecified atom stereocenters. The largest absolute Gasteiger partial charge is 0.503 e. The van der Waals surface area contributed by atoms with Crippen LogP contribution in [-0.4, -0.2) is 30.2 Å². The number of hydrazone groups is 1. The number of hydrogen-bond donors (Lipinski definition) is 3. The second-order valence-electron chi connectivity index (χ2n) is 4.51. The van der Waals surface area contributed by atoms with Gasteiger partial charge in [-0.15, -0.1) is 0 Å². The molecule has 9 heteroatoms. The molecular formula is C15H14ClN3O5. The van der Waals surface area contributed by atoms with Gasteiger partial charge in [-0.2, -0.15) is 5.10 Å². The lowest BCUT2D eigenvalue weighted by Crippen LogP contribution is -2.37. The number of amides is 2. The van der Waals surface area contributed by atoms with Gasteiger partial charge in [-0.3, -0.25) is 9.59 Å². The molecule has 126 valence electrons. The van der Waals surface area contributed by atoms with E-state index in [1.54, 1.807) is 12.1 Å².